The first-order valence-corrected chi connectivity index (χ1v) is 26.6. The normalized spacial score (nSPS) is 15.6. The van der Waals surface area contributed by atoms with E-state index in [-0.39, 0.29) is 0 Å². The van der Waals surface area contributed by atoms with E-state index in [1.165, 1.54) is 0 Å². The van der Waals surface area contributed by atoms with Crippen LogP contribution in [0.15, 0.2) is 0 Å². The molecule has 19 nitrogen and oxygen atoms in total. The molecule has 0 saturated heterocycles. The molecule has 0 aromatic heterocycles. The second-order valence-corrected chi connectivity index (χ2v) is 29.7. The van der Waals surface area contributed by atoms with E-state index in [0.29, 0.717) is 0 Å². The number of halogens is 28. The molecule has 0 amide bonds. The van der Waals surface area contributed by atoms with Gasteiger partial charge in [-0.15, -0.1) is 0 Å². The van der Waals surface area contributed by atoms with E-state index >= 15 is 0 Å². The number of alkyl halides is 28. The number of hydrogen-bond acceptors (Lipinski definition) is 18. The fraction of sp³-hybridized carbons (Fsp3) is 1.00. The minimum Gasteiger partial charge on any atom is -0.421 e. The van der Waals surface area contributed by atoms with Gasteiger partial charge in [0.25, 0.3) is 76.8 Å². The SMILES string of the molecule is O=S(=O)(C(Cl)S(=O)(=O)C(F)(F)F)C(F)(F)F.O=S(=O)(C(S(=O)(=O)C(F)(F)F)S(=O)(=O)C(F)(F)F)C(F)(F)F.O=S(=O)(CS(=O)(=O)C(F)(F)F)C(F)(F)F.O=S(=O)([N-]S(=O)(=O)C(F)(F)F)C(F)(F)F. The van der Waals surface area contributed by atoms with Crippen LogP contribution >= 0.6 is 11.6 Å². The summed E-state index contributed by atoms with van der Waals surface area (Å²) in [5.41, 5.74) is -57.9. The fourth-order valence-electron chi connectivity index (χ4n) is 1.76. The molecular formula is C12H4ClF27NO18S9-. The molecule has 0 fully saturated rings. The maximum atomic E-state index is 12.1. The summed E-state index contributed by atoms with van der Waals surface area (Å²) in [5.74, 6) is 0. The van der Waals surface area contributed by atoms with E-state index in [1.807, 2.05) is 0 Å². The number of rotatable bonds is 9. The Labute approximate surface area is 360 Å². The molecule has 0 bridgehead atoms. The van der Waals surface area contributed by atoms with Gasteiger partial charge >= 0.3 is 49.6 Å². The summed E-state index contributed by atoms with van der Waals surface area (Å²) in [7, 11) is -63.3. The highest BCUT2D eigenvalue weighted by Crippen LogP contribution is 2.44. The van der Waals surface area contributed by atoms with Crippen LogP contribution in [0.5, 0.6) is 0 Å². The largest absolute Gasteiger partial charge is 0.499 e. The Bertz CT molecular complexity index is 2500. The highest BCUT2D eigenvalue weighted by molar-refractivity contribution is 8.25. The van der Waals surface area contributed by atoms with Crippen molar-refractivity contribution < 1.29 is 194 Å². The average Bonchev–Trinajstić information content (AvgIpc) is 2.95. The molecule has 0 spiro atoms. The molecule has 0 saturated carbocycles. The monoisotopic (exact) mass is 1290 g/mol. The van der Waals surface area contributed by atoms with Crippen LogP contribution in [0.1, 0.15) is 0 Å². The fourth-order valence-corrected chi connectivity index (χ4v) is 15.8. The van der Waals surface area contributed by atoms with Crippen molar-refractivity contribution >= 4 is 101 Å². The van der Waals surface area contributed by atoms with Gasteiger partial charge in [0.1, 0.15) is 0 Å². The number of sulfonamides is 2. The lowest BCUT2D eigenvalue weighted by molar-refractivity contribution is -0.0499. The van der Waals surface area contributed by atoms with Gasteiger partial charge in [-0.05, 0) is 0 Å². The van der Waals surface area contributed by atoms with Crippen LogP contribution in [0.25, 0.3) is 4.13 Å². The van der Waals surface area contributed by atoms with Crippen LogP contribution in [-0.2, 0) is 88.9 Å². The van der Waals surface area contributed by atoms with Gasteiger partial charge in [-0.1, -0.05) is 11.6 Å². The molecule has 56 heteroatoms. The summed E-state index contributed by atoms with van der Waals surface area (Å²) in [6.45, 7) is 0. The minimum absolute atomic E-state index is 0.778. The third-order valence-corrected chi connectivity index (χ3v) is 24.5. The molecule has 0 radical (unpaired) electrons. The summed E-state index contributed by atoms with van der Waals surface area (Å²) >= 11 is 4.22. The Morgan fingerprint density at radius 2 is 0.441 bits per heavy atom. The summed E-state index contributed by atoms with van der Waals surface area (Å²) in [4.78, 5) is 0. The van der Waals surface area contributed by atoms with Gasteiger partial charge in [-0.3, -0.25) is 0 Å². The number of sulfone groups is 7. The number of hydrogen-bond donors (Lipinski definition) is 0. The topological polar surface area (TPSA) is 321 Å². The number of nitrogens with zero attached hydrogens (tertiary/aromatic N) is 1. The third kappa shape index (κ3) is 17.3. The summed E-state index contributed by atoms with van der Waals surface area (Å²) in [6, 6.07) is 0. The molecule has 68 heavy (non-hydrogen) atoms. The molecule has 0 aliphatic rings. The van der Waals surface area contributed by atoms with E-state index in [9.17, 15) is 194 Å². The molecule has 0 N–H and O–H groups in total. The van der Waals surface area contributed by atoms with Crippen molar-refractivity contribution in [3.05, 3.63) is 4.13 Å². The zero-order chi connectivity index (χ0) is 57.6. The predicted octanol–water partition coefficient (Wildman–Crippen LogP) is 4.32. The van der Waals surface area contributed by atoms with Crippen molar-refractivity contribution in [2.24, 2.45) is 0 Å². The van der Waals surface area contributed by atoms with Crippen molar-refractivity contribution in [2.75, 3.05) is 5.08 Å². The lowest BCUT2D eigenvalue weighted by Gasteiger charge is -2.22. The lowest BCUT2D eigenvalue weighted by Crippen LogP contribution is -2.52. The van der Waals surface area contributed by atoms with Crippen molar-refractivity contribution in [1.82, 2.24) is 0 Å². The van der Waals surface area contributed by atoms with Crippen LogP contribution in [0, 0.1) is 0 Å². The van der Waals surface area contributed by atoms with Crippen molar-refractivity contribution in [3.63, 3.8) is 0 Å². The van der Waals surface area contributed by atoms with Gasteiger partial charge in [0.05, 0.1) is 0 Å². The molecule has 0 aromatic rings. The first-order chi connectivity index (χ1) is 28.2. The van der Waals surface area contributed by atoms with Gasteiger partial charge in [-0.2, -0.15) is 119 Å². The van der Waals surface area contributed by atoms with Crippen molar-refractivity contribution in [1.29, 1.82) is 0 Å². The van der Waals surface area contributed by atoms with Crippen LogP contribution in [0.3, 0.4) is 0 Å². The molecule has 0 aliphatic carbocycles. The molecule has 416 valence electrons. The summed E-state index contributed by atoms with van der Waals surface area (Å²) < 4.78 is 493. The van der Waals surface area contributed by atoms with Gasteiger partial charge in [-0.25, -0.2) is 75.8 Å². The highest BCUT2D eigenvalue weighted by Gasteiger charge is 2.73. The van der Waals surface area contributed by atoms with Crippen LogP contribution in [-0.4, -0.2) is 138 Å². The minimum atomic E-state index is -7.94. The molecule has 0 aliphatic heterocycles. The van der Waals surface area contributed by atoms with Crippen molar-refractivity contribution in [2.45, 2.75) is 57.5 Å². The molecule has 0 atom stereocenters. The van der Waals surface area contributed by atoms with Crippen LogP contribution < -0.4 is 0 Å². The highest BCUT2D eigenvalue weighted by atomic mass is 35.5. The molecular weight excluding hydrogens is 1280 g/mol. The lowest BCUT2D eigenvalue weighted by atomic mass is 11.5. The molecule has 0 unspecified atom stereocenters. The zero-order valence-corrected chi connectivity index (χ0v) is 36.5. The van der Waals surface area contributed by atoms with E-state index in [2.05, 4.69) is 11.6 Å². The van der Waals surface area contributed by atoms with E-state index in [4.69, 9.17) is 0 Å². The first kappa shape index (κ1) is 72.5. The Kier molecular flexibility index (Phi) is 21.8. The Morgan fingerprint density at radius 1 is 0.279 bits per heavy atom. The third-order valence-electron chi connectivity index (χ3n) is 4.66. The second-order valence-electron chi connectivity index (χ2n) is 9.67. The molecule has 0 heterocycles. The standard InChI is InChI=1S/C4HF9O6S3.C3HClF6O4S2.C3H2F6O4S2.C2F6NO4S2/c5-2(6,7)20(14,15)1(21(16,17)3(8,9)10)22(18,19)4(11,12)13;4-1(15(11,12)2(5,6)7)16(13,14)3(8,9)10;4-2(5,6)14(10,11)1-15(12,13)3(7,8)9;3-1(4,5)14(10,11)9-15(12,13)2(6,7)8/h1H;1H;1H2;/q;;;-1. The van der Waals surface area contributed by atoms with E-state index < -0.39 is 152 Å². The van der Waals surface area contributed by atoms with Gasteiger partial charge in [0, 0.05) is 0 Å². The predicted molar refractivity (Wildman–Crippen MR) is 156 cm³/mol. The summed E-state index contributed by atoms with van der Waals surface area (Å²) in [5, 5.41) is -3.03. The molecule has 0 rings (SSSR count). The van der Waals surface area contributed by atoms with Gasteiger partial charge in [0.15, 0.2) is 25.1 Å². The molecule has 0 aromatic carbocycles. The maximum absolute atomic E-state index is 12.1. The second kappa shape index (κ2) is 20.4. The first-order valence-electron chi connectivity index (χ1n) is 12.3. The zero-order valence-electron chi connectivity index (χ0n) is 28.4. The van der Waals surface area contributed by atoms with Gasteiger partial charge < -0.3 is 4.13 Å². The van der Waals surface area contributed by atoms with Crippen LogP contribution in [0.4, 0.5) is 119 Å². The summed E-state index contributed by atoms with van der Waals surface area (Å²) in [6.07, 6.45) is 0. The van der Waals surface area contributed by atoms with Crippen LogP contribution in [0.2, 0.25) is 0 Å². The van der Waals surface area contributed by atoms with E-state index in [1.54, 1.807) is 0 Å². The quantitative estimate of drug-likeness (QED) is 0.229. The van der Waals surface area contributed by atoms with E-state index in [0.717, 1.165) is 4.13 Å². The van der Waals surface area contributed by atoms with Gasteiger partial charge in [0.2, 0.25) is 0 Å². The smallest absolute Gasteiger partial charge is 0.421 e. The van der Waals surface area contributed by atoms with Crippen molar-refractivity contribution in [3.8, 4) is 0 Å². The Morgan fingerprint density at radius 3 is 0.559 bits per heavy atom. The maximum Gasteiger partial charge on any atom is 0.499 e. The Hall–Kier alpha value is -2.09. The average molecular weight is 1290 g/mol. The Balaban J connectivity index is -0.000000407.